The molecule has 3 aromatic rings. The van der Waals surface area contributed by atoms with Crippen molar-refractivity contribution < 1.29 is 9.21 Å². The highest BCUT2D eigenvalue weighted by Crippen LogP contribution is 2.29. The Morgan fingerprint density at radius 2 is 1.80 bits per heavy atom. The maximum atomic E-state index is 12.7. The van der Waals surface area contributed by atoms with Gasteiger partial charge in [0.2, 0.25) is 5.91 Å². The van der Waals surface area contributed by atoms with Gasteiger partial charge in [0, 0.05) is 43.5 Å². The Bertz CT molecular complexity index is 965. The molecule has 1 aromatic heterocycles. The Morgan fingerprint density at radius 3 is 2.53 bits per heavy atom. The summed E-state index contributed by atoms with van der Waals surface area (Å²) in [6, 6.07) is 17.5. The molecule has 5 nitrogen and oxygen atoms in total. The number of benzene rings is 2. The number of oxazole rings is 1. The smallest absolute Gasteiger partial charge is 0.223 e. The summed E-state index contributed by atoms with van der Waals surface area (Å²) in [5.74, 6) is 1.40. The third-order valence-electron chi connectivity index (χ3n) is 5.19. The number of amides is 1. The van der Waals surface area contributed by atoms with Gasteiger partial charge in [-0.2, -0.15) is 0 Å². The van der Waals surface area contributed by atoms with E-state index in [9.17, 15) is 4.79 Å². The molecule has 0 bridgehead atoms. The molecule has 0 saturated carbocycles. The molecule has 30 heavy (non-hydrogen) atoms. The van der Waals surface area contributed by atoms with E-state index < -0.39 is 0 Å². The Balaban J connectivity index is 0.00000160. The largest absolute Gasteiger partial charge is 0.441 e. The lowest BCUT2D eigenvalue weighted by atomic mass is 9.95. The average molecular weight is 469 g/mol. The molecule has 1 fully saturated rings. The molecule has 2 N–H and O–H groups in total. The Labute approximate surface area is 193 Å². The maximum absolute atomic E-state index is 12.7. The summed E-state index contributed by atoms with van der Waals surface area (Å²) in [4.78, 5) is 18.8. The predicted molar refractivity (Wildman–Crippen MR) is 124 cm³/mol. The average Bonchev–Trinajstić information content (AvgIpc) is 3.34. The van der Waals surface area contributed by atoms with Crippen molar-refractivity contribution in [2.75, 3.05) is 13.1 Å². The third kappa shape index (κ3) is 5.35. The van der Waals surface area contributed by atoms with Crippen molar-refractivity contribution in [2.24, 2.45) is 5.73 Å². The summed E-state index contributed by atoms with van der Waals surface area (Å²) in [5.41, 5.74) is 8.27. The summed E-state index contributed by atoms with van der Waals surface area (Å²) in [5, 5.41) is 0.610. The molecule has 0 aliphatic carbocycles. The topological polar surface area (TPSA) is 72.4 Å². The summed E-state index contributed by atoms with van der Waals surface area (Å²) in [6.07, 6.45) is 2.44. The number of nitrogens with two attached hydrogens (primary N) is 1. The van der Waals surface area contributed by atoms with E-state index in [0.29, 0.717) is 42.6 Å². The number of nitrogens with zero attached hydrogens (tertiary/aromatic N) is 2. The molecule has 0 spiro atoms. The summed E-state index contributed by atoms with van der Waals surface area (Å²) in [6.45, 7) is 1.23. The van der Waals surface area contributed by atoms with E-state index in [1.165, 1.54) is 5.56 Å². The fourth-order valence-electron chi connectivity index (χ4n) is 3.67. The third-order valence-corrected chi connectivity index (χ3v) is 5.52. The van der Waals surface area contributed by atoms with Gasteiger partial charge < -0.3 is 15.1 Å². The first-order valence-electron chi connectivity index (χ1n) is 9.39. The summed E-state index contributed by atoms with van der Waals surface area (Å²) in [7, 11) is 0. The molecule has 0 unspecified atom stereocenters. The van der Waals surface area contributed by atoms with Gasteiger partial charge in [0.05, 0.1) is 11.2 Å². The number of rotatable bonds is 5. The van der Waals surface area contributed by atoms with Crippen LogP contribution >= 0.6 is 36.4 Å². The number of aromatic nitrogens is 1. The van der Waals surface area contributed by atoms with Crippen LogP contribution in [0.25, 0.3) is 11.3 Å². The van der Waals surface area contributed by atoms with E-state index in [-0.39, 0.29) is 42.7 Å². The molecule has 1 aliphatic rings. The van der Waals surface area contributed by atoms with Gasteiger partial charge in [0.1, 0.15) is 0 Å². The minimum atomic E-state index is -0.0417. The van der Waals surface area contributed by atoms with Crippen LogP contribution in [0.2, 0.25) is 5.02 Å². The molecule has 1 amide bonds. The number of halogens is 3. The number of hydrogen-bond acceptors (Lipinski definition) is 4. The monoisotopic (exact) mass is 467 g/mol. The van der Waals surface area contributed by atoms with E-state index >= 15 is 0 Å². The van der Waals surface area contributed by atoms with Crippen molar-refractivity contribution in [3.8, 4) is 11.3 Å². The van der Waals surface area contributed by atoms with E-state index in [1.807, 2.05) is 47.4 Å². The van der Waals surface area contributed by atoms with Gasteiger partial charge in [-0.15, -0.1) is 24.8 Å². The van der Waals surface area contributed by atoms with Gasteiger partial charge in [-0.1, -0.05) is 54.1 Å². The van der Waals surface area contributed by atoms with Crippen LogP contribution in [0, 0.1) is 0 Å². The summed E-state index contributed by atoms with van der Waals surface area (Å²) >= 11 is 6.20. The minimum Gasteiger partial charge on any atom is -0.441 e. The van der Waals surface area contributed by atoms with Crippen LogP contribution < -0.4 is 5.73 Å². The Morgan fingerprint density at radius 1 is 1.10 bits per heavy atom. The molecule has 1 aliphatic heterocycles. The highest BCUT2D eigenvalue weighted by molar-refractivity contribution is 6.33. The number of carbonyl (C=O) groups is 1. The predicted octanol–water partition coefficient (Wildman–Crippen LogP) is 4.72. The second-order valence-corrected chi connectivity index (χ2v) is 7.49. The summed E-state index contributed by atoms with van der Waals surface area (Å²) < 4.78 is 5.78. The van der Waals surface area contributed by atoms with E-state index in [0.717, 1.165) is 5.56 Å². The lowest BCUT2D eigenvalue weighted by molar-refractivity contribution is -0.130. The fourth-order valence-corrected chi connectivity index (χ4v) is 3.90. The van der Waals surface area contributed by atoms with Crippen molar-refractivity contribution >= 4 is 42.3 Å². The van der Waals surface area contributed by atoms with Crippen molar-refractivity contribution in [2.45, 2.75) is 24.8 Å². The van der Waals surface area contributed by atoms with Crippen molar-refractivity contribution in [3.63, 3.8) is 0 Å². The standard InChI is InChI=1S/C22H22ClN3O2.2ClH/c23-18-9-5-4-8-16(18)20-12-25-21(28-20)10-11-22(27)26-13-17(19(24)14-26)15-6-2-1-3-7-15;;/h1-9,12,17,19H,10-11,13-14,24H2;2*1H/t17-,19+;;/m0../s1. The molecule has 2 heterocycles. The van der Waals surface area contributed by atoms with Crippen LogP contribution in [-0.2, 0) is 11.2 Å². The van der Waals surface area contributed by atoms with Crippen LogP contribution in [0.4, 0.5) is 0 Å². The maximum Gasteiger partial charge on any atom is 0.223 e. The Hall–Kier alpha value is -2.05. The van der Waals surface area contributed by atoms with Crippen LogP contribution in [0.3, 0.4) is 0 Å². The highest BCUT2D eigenvalue weighted by atomic mass is 35.5. The van der Waals surface area contributed by atoms with E-state index in [1.54, 1.807) is 6.20 Å². The molecule has 8 heteroatoms. The lowest BCUT2D eigenvalue weighted by Crippen LogP contribution is -2.32. The normalized spacial score (nSPS) is 17.9. The zero-order valence-corrected chi connectivity index (χ0v) is 18.6. The number of aryl methyl sites for hydroxylation is 1. The van der Waals surface area contributed by atoms with Crippen LogP contribution in [0.1, 0.15) is 23.8 Å². The lowest BCUT2D eigenvalue weighted by Gasteiger charge is -2.16. The first kappa shape index (κ1) is 24.2. The zero-order valence-electron chi connectivity index (χ0n) is 16.2. The minimum absolute atomic E-state index is 0. The molecule has 1 saturated heterocycles. The Kier molecular flexibility index (Phi) is 8.74. The molecule has 2 aromatic carbocycles. The molecule has 2 atom stereocenters. The van der Waals surface area contributed by atoms with Gasteiger partial charge in [-0.05, 0) is 17.7 Å². The number of likely N-dealkylation sites (tertiary alicyclic amines) is 1. The first-order chi connectivity index (χ1) is 13.6. The molecule has 4 rings (SSSR count). The highest BCUT2D eigenvalue weighted by Gasteiger charge is 2.33. The van der Waals surface area contributed by atoms with Gasteiger partial charge in [0.15, 0.2) is 11.7 Å². The van der Waals surface area contributed by atoms with E-state index in [4.69, 9.17) is 21.8 Å². The van der Waals surface area contributed by atoms with Crippen LogP contribution in [-0.4, -0.2) is 34.9 Å². The zero-order chi connectivity index (χ0) is 19.5. The van der Waals surface area contributed by atoms with Crippen molar-refractivity contribution in [1.82, 2.24) is 9.88 Å². The second kappa shape index (κ2) is 10.8. The fraction of sp³-hybridized carbons (Fsp3) is 0.273. The van der Waals surface area contributed by atoms with Crippen LogP contribution in [0.15, 0.2) is 65.2 Å². The molecule has 160 valence electrons. The SMILES string of the molecule is Cl.Cl.N[C@@H]1CN(C(=O)CCc2ncc(-c3ccccc3Cl)o2)C[C@H]1c1ccccc1. The second-order valence-electron chi connectivity index (χ2n) is 7.08. The van der Waals surface area contributed by atoms with Gasteiger partial charge >= 0.3 is 0 Å². The first-order valence-corrected chi connectivity index (χ1v) is 9.77. The molecular formula is C22H24Cl3N3O2. The van der Waals surface area contributed by atoms with Crippen molar-refractivity contribution in [3.05, 3.63) is 77.3 Å². The van der Waals surface area contributed by atoms with Crippen LogP contribution in [0.5, 0.6) is 0 Å². The molecular weight excluding hydrogens is 445 g/mol. The van der Waals surface area contributed by atoms with E-state index in [2.05, 4.69) is 17.1 Å². The van der Waals surface area contributed by atoms with Gasteiger partial charge in [-0.3, -0.25) is 4.79 Å². The molecule has 0 radical (unpaired) electrons. The quantitative estimate of drug-likeness (QED) is 0.588. The number of carbonyl (C=O) groups excluding carboxylic acids is 1. The van der Waals surface area contributed by atoms with Crippen molar-refractivity contribution in [1.29, 1.82) is 0 Å². The van der Waals surface area contributed by atoms with Gasteiger partial charge in [-0.25, -0.2) is 4.98 Å². The van der Waals surface area contributed by atoms with Gasteiger partial charge in [0.25, 0.3) is 0 Å². The number of hydrogen-bond donors (Lipinski definition) is 1.